The second-order valence-corrected chi connectivity index (χ2v) is 7.23. The molecule has 1 unspecified atom stereocenters. The second kappa shape index (κ2) is 4.29. The summed E-state index contributed by atoms with van der Waals surface area (Å²) in [5.74, 6) is 0.813. The summed E-state index contributed by atoms with van der Waals surface area (Å²) in [5.41, 5.74) is 1.90. The first-order chi connectivity index (χ1) is 8.83. The number of hydrogen-bond donors (Lipinski definition) is 1. The second-order valence-electron chi connectivity index (χ2n) is 6.34. The van der Waals surface area contributed by atoms with Gasteiger partial charge in [-0.3, -0.25) is 4.90 Å². The van der Waals surface area contributed by atoms with E-state index in [1.165, 1.54) is 62.6 Å². The van der Waals surface area contributed by atoms with Crippen LogP contribution in [0.15, 0.2) is 5.38 Å². The van der Waals surface area contributed by atoms with Crippen LogP contribution in [0.25, 0.3) is 0 Å². The number of hydrogen-bond acceptors (Lipinski definition) is 4. The zero-order valence-electron chi connectivity index (χ0n) is 10.8. The van der Waals surface area contributed by atoms with Crippen LogP contribution in [0.5, 0.6) is 0 Å². The van der Waals surface area contributed by atoms with Crippen LogP contribution < -0.4 is 5.32 Å². The lowest BCUT2D eigenvalue weighted by atomic mass is 9.87. The summed E-state index contributed by atoms with van der Waals surface area (Å²) in [5, 5.41) is 7.20. The van der Waals surface area contributed by atoms with E-state index < -0.39 is 0 Å². The molecule has 1 aromatic rings. The molecule has 98 valence electrons. The molecule has 1 spiro atoms. The molecule has 0 aromatic carbocycles. The van der Waals surface area contributed by atoms with Crippen LogP contribution in [-0.2, 0) is 6.54 Å². The third-order valence-electron chi connectivity index (χ3n) is 4.73. The molecule has 3 fully saturated rings. The minimum Gasteiger partial charge on any atom is -0.316 e. The zero-order chi connectivity index (χ0) is 12.0. The van der Waals surface area contributed by atoms with Gasteiger partial charge in [-0.15, -0.1) is 11.3 Å². The topological polar surface area (TPSA) is 28.2 Å². The molecule has 3 heterocycles. The largest absolute Gasteiger partial charge is 0.316 e. The van der Waals surface area contributed by atoms with Crippen molar-refractivity contribution in [2.24, 2.45) is 5.41 Å². The van der Waals surface area contributed by atoms with Gasteiger partial charge in [-0.05, 0) is 44.2 Å². The molecule has 0 radical (unpaired) electrons. The van der Waals surface area contributed by atoms with Crippen LogP contribution in [0.3, 0.4) is 0 Å². The van der Waals surface area contributed by atoms with Crippen LogP contribution in [0.2, 0.25) is 0 Å². The van der Waals surface area contributed by atoms with Gasteiger partial charge in [-0.25, -0.2) is 4.98 Å². The zero-order valence-corrected chi connectivity index (χ0v) is 11.6. The normalized spacial score (nSPS) is 32.7. The molecule has 3 aliphatic rings. The first-order valence-electron chi connectivity index (χ1n) is 7.20. The van der Waals surface area contributed by atoms with Gasteiger partial charge in [0.15, 0.2) is 0 Å². The Kier molecular flexibility index (Phi) is 2.71. The highest BCUT2D eigenvalue weighted by Crippen LogP contribution is 2.42. The molecule has 1 aromatic heterocycles. The Morgan fingerprint density at radius 1 is 1.44 bits per heavy atom. The van der Waals surface area contributed by atoms with Crippen molar-refractivity contribution in [1.82, 2.24) is 15.2 Å². The fourth-order valence-electron chi connectivity index (χ4n) is 3.45. The van der Waals surface area contributed by atoms with Crippen molar-refractivity contribution >= 4 is 11.3 Å². The lowest BCUT2D eigenvalue weighted by Gasteiger charge is -2.22. The molecule has 0 bridgehead atoms. The lowest BCUT2D eigenvalue weighted by molar-refractivity contribution is 0.267. The van der Waals surface area contributed by atoms with Crippen molar-refractivity contribution < 1.29 is 0 Å². The van der Waals surface area contributed by atoms with Gasteiger partial charge in [0.05, 0.1) is 10.7 Å². The molecule has 1 saturated carbocycles. The maximum absolute atomic E-state index is 4.81. The number of aromatic nitrogens is 1. The third-order valence-corrected chi connectivity index (χ3v) is 5.79. The van der Waals surface area contributed by atoms with Crippen LogP contribution >= 0.6 is 11.3 Å². The van der Waals surface area contributed by atoms with E-state index in [2.05, 4.69) is 15.6 Å². The quantitative estimate of drug-likeness (QED) is 0.906. The monoisotopic (exact) mass is 263 g/mol. The van der Waals surface area contributed by atoms with Gasteiger partial charge in [0, 0.05) is 30.9 Å². The molecular formula is C14H21N3S. The molecule has 0 amide bonds. The fraction of sp³-hybridized carbons (Fsp3) is 0.786. The van der Waals surface area contributed by atoms with E-state index in [1.807, 2.05) is 11.3 Å². The SMILES string of the molecule is c1sc(C2CC2)nc1CN1CCC2(CCNC2)C1. The Balaban J connectivity index is 1.39. The summed E-state index contributed by atoms with van der Waals surface area (Å²) >= 11 is 1.88. The Bertz CT molecular complexity index is 432. The number of rotatable bonds is 3. The highest BCUT2D eigenvalue weighted by Gasteiger charge is 2.40. The Labute approximate surface area is 113 Å². The van der Waals surface area contributed by atoms with Gasteiger partial charge in [-0.1, -0.05) is 0 Å². The van der Waals surface area contributed by atoms with Gasteiger partial charge < -0.3 is 5.32 Å². The predicted octanol–water partition coefficient (Wildman–Crippen LogP) is 2.21. The Morgan fingerprint density at radius 3 is 3.17 bits per heavy atom. The third kappa shape index (κ3) is 2.10. The van der Waals surface area contributed by atoms with E-state index in [-0.39, 0.29) is 0 Å². The maximum Gasteiger partial charge on any atom is 0.0959 e. The first-order valence-corrected chi connectivity index (χ1v) is 8.08. The first kappa shape index (κ1) is 11.4. The molecule has 2 aliphatic heterocycles. The standard InChI is InChI=1S/C14H21N3S/c1-2-11(1)13-16-12(8-18-13)7-17-6-4-14(10-17)3-5-15-9-14/h8,11,15H,1-7,9-10H2. The van der Waals surface area contributed by atoms with Gasteiger partial charge in [0.25, 0.3) is 0 Å². The van der Waals surface area contributed by atoms with Crippen molar-refractivity contribution in [1.29, 1.82) is 0 Å². The molecular weight excluding hydrogens is 242 g/mol. The number of nitrogens with zero attached hydrogens (tertiary/aromatic N) is 2. The molecule has 4 heteroatoms. The van der Waals surface area contributed by atoms with Gasteiger partial charge in [-0.2, -0.15) is 0 Å². The van der Waals surface area contributed by atoms with Crippen molar-refractivity contribution in [2.75, 3.05) is 26.2 Å². The summed E-state index contributed by atoms with van der Waals surface area (Å²) in [6.07, 6.45) is 5.48. The van der Waals surface area contributed by atoms with Gasteiger partial charge in [0.1, 0.15) is 0 Å². The smallest absolute Gasteiger partial charge is 0.0959 e. The van der Waals surface area contributed by atoms with E-state index in [0.29, 0.717) is 5.41 Å². The Hall–Kier alpha value is -0.450. The molecule has 3 nitrogen and oxygen atoms in total. The minimum atomic E-state index is 0.593. The molecule has 2 saturated heterocycles. The molecule has 18 heavy (non-hydrogen) atoms. The summed E-state index contributed by atoms with van der Waals surface area (Å²) in [6.45, 7) is 6.06. The summed E-state index contributed by atoms with van der Waals surface area (Å²) in [6, 6.07) is 0. The lowest BCUT2D eigenvalue weighted by Crippen LogP contribution is -2.29. The minimum absolute atomic E-state index is 0.593. The molecule has 1 N–H and O–H groups in total. The van der Waals surface area contributed by atoms with E-state index in [0.717, 1.165) is 12.5 Å². The highest BCUT2D eigenvalue weighted by molar-refractivity contribution is 7.09. The summed E-state index contributed by atoms with van der Waals surface area (Å²) in [4.78, 5) is 7.42. The molecule has 1 atom stereocenters. The fourth-order valence-corrected chi connectivity index (χ4v) is 4.43. The van der Waals surface area contributed by atoms with Crippen molar-refractivity contribution in [3.8, 4) is 0 Å². The number of likely N-dealkylation sites (tertiary alicyclic amines) is 1. The van der Waals surface area contributed by atoms with Crippen LogP contribution in [0.4, 0.5) is 0 Å². The van der Waals surface area contributed by atoms with Crippen molar-refractivity contribution in [2.45, 2.75) is 38.1 Å². The van der Waals surface area contributed by atoms with Crippen LogP contribution in [-0.4, -0.2) is 36.1 Å². The van der Waals surface area contributed by atoms with E-state index in [4.69, 9.17) is 4.98 Å². The van der Waals surface area contributed by atoms with Crippen molar-refractivity contribution in [3.05, 3.63) is 16.1 Å². The van der Waals surface area contributed by atoms with E-state index in [1.54, 1.807) is 0 Å². The Morgan fingerprint density at radius 2 is 2.39 bits per heavy atom. The molecule has 4 rings (SSSR count). The summed E-state index contributed by atoms with van der Waals surface area (Å²) < 4.78 is 0. The highest BCUT2D eigenvalue weighted by atomic mass is 32.1. The average Bonchev–Trinajstić information content (AvgIpc) is 2.81. The summed E-state index contributed by atoms with van der Waals surface area (Å²) in [7, 11) is 0. The van der Waals surface area contributed by atoms with Crippen LogP contribution in [0, 0.1) is 5.41 Å². The predicted molar refractivity (Wildman–Crippen MR) is 73.9 cm³/mol. The van der Waals surface area contributed by atoms with Crippen LogP contribution in [0.1, 0.15) is 42.3 Å². The average molecular weight is 263 g/mol. The van der Waals surface area contributed by atoms with Crippen molar-refractivity contribution in [3.63, 3.8) is 0 Å². The number of thiazole rings is 1. The van der Waals surface area contributed by atoms with Gasteiger partial charge >= 0.3 is 0 Å². The maximum atomic E-state index is 4.81. The van der Waals surface area contributed by atoms with E-state index in [9.17, 15) is 0 Å². The number of nitrogens with one attached hydrogen (secondary N) is 1. The molecule has 1 aliphatic carbocycles. The van der Waals surface area contributed by atoms with Gasteiger partial charge in [0.2, 0.25) is 0 Å². The van der Waals surface area contributed by atoms with E-state index >= 15 is 0 Å².